The molecule has 1 N–H and O–H groups in total. The molecule has 9 heteroatoms. The minimum atomic E-state index is -3.50. The summed E-state index contributed by atoms with van der Waals surface area (Å²) in [6.07, 6.45) is 3.23. The Balaban J connectivity index is 1.50. The fourth-order valence-electron chi connectivity index (χ4n) is 3.09. The summed E-state index contributed by atoms with van der Waals surface area (Å²) in [6, 6.07) is 3.12. The first-order valence-corrected chi connectivity index (χ1v) is 10.7. The van der Waals surface area contributed by atoms with Crippen LogP contribution in [-0.4, -0.2) is 51.0 Å². The maximum absolute atomic E-state index is 12.5. The molecule has 2 aliphatic rings. The fourth-order valence-corrected chi connectivity index (χ4v) is 6.19. The number of carbonyl (C=O) groups excluding carboxylic acids is 1. The first-order valence-electron chi connectivity index (χ1n) is 8.11. The molecule has 1 atom stereocenters. The minimum absolute atomic E-state index is 0.00159. The van der Waals surface area contributed by atoms with Gasteiger partial charge in [-0.15, -0.1) is 11.3 Å². The zero-order valence-corrected chi connectivity index (χ0v) is 15.6. The van der Waals surface area contributed by atoms with E-state index in [1.165, 1.54) is 10.4 Å². The summed E-state index contributed by atoms with van der Waals surface area (Å²) < 4.78 is 32.7. The lowest BCUT2D eigenvalue weighted by Crippen LogP contribution is -2.44. The number of amides is 1. The standard InChI is InChI=1S/C15H21ClN2O4S2/c16-13-3-4-14(23-13)24(20,21)18-7-5-11(6-8-18)15(19)17-10-12-2-1-9-22-12/h3-4,11-12H,1-2,5-10H2,(H,17,19). The van der Waals surface area contributed by atoms with Crippen LogP contribution in [0.2, 0.25) is 4.34 Å². The molecule has 134 valence electrons. The second kappa shape index (κ2) is 7.70. The number of nitrogens with one attached hydrogen (secondary N) is 1. The summed E-state index contributed by atoms with van der Waals surface area (Å²) in [5.74, 6) is -0.133. The Bertz CT molecular complexity index is 677. The third kappa shape index (κ3) is 4.11. The molecule has 1 aromatic heterocycles. The van der Waals surface area contributed by atoms with Gasteiger partial charge < -0.3 is 10.1 Å². The maximum atomic E-state index is 12.5. The third-order valence-corrected chi connectivity index (χ3v) is 8.09. The Morgan fingerprint density at radius 3 is 2.67 bits per heavy atom. The molecule has 6 nitrogen and oxygen atoms in total. The number of halogens is 1. The highest BCUT2D eigenvalue weighted by Crippen LogP contribution is 2.30. The number of nitrogens with zero attached hydrogens (tertiary/aromatic N) is 1. The van der Waals surface area contributed by atoms with Gasteiger partial charge in [-0.05, 0) is 37.8 Å². The lowest BCUT2D eigenvalue weighted by molar-refractivity contribution is -0.126. The van der Waals surface area contributed by atoms with Gasteiger partial charge in [0.15, 0.2) is 0 Å². The third-order valence-electron chi connectivity index (χ3n) is 4.50. The van der Waals surface area contributed by atoms with Crippen LogP contribution in [0.5, 0.6) is 0 Å². The van der Waals surface area contributed by atoms with E-state index in [4.69, 9.17) is 16.3 Å². The molecule has 0 aliphatic carbocycles. The summed E-state index contributed by atoms with van der Waals surface area (Å²) in [5.41, 5.74) is 0. The highest BCUT2D eigenvalue weighted by molar-refractivity contribution is 7.91. The van der Waals surface area contributed by atoms with E-state index in [2.05, 4.69) is 5.32 Å². The fraction of sp³-hybridized carbons (Fsp3) is 0.667. The van der Waals surface area contributed by atoms with Crippen molar-refractivity contribution < 1.29 is 17.9 Å². The van der Waals surface area contributed by atoms with Gasteiger partial charge in [0.25, 0.3) is 10.0 Å². The number of rotatable bonds is 5. The van der Waals surface area contributed by atoms with Crippen LogP contribution in [0.1, 0.15) is 25.7 Å². The largest absolute Gasteiger partial charge is 0.376 e. The number of piperidine rings is 1. The summed E-state index contributed by atoms with van der Waals surface area (Å²) >= 11 is 6.89. The molecular weight excluding hydrogens is 372 g/mol. The van der Waals surface area contributed by atoms with Gasteiger partial charge in [0.2, 0.25) is 5.91 Å². The number of sulfonamides is 1. The van der Waals surface area contributed by atoms with E-state index >= 15 is 0 Å². The van der Waals surface area contributed by atoms with Crippen molar-refractivity contribution >= 4 is 38.9 Å². The first kappa shape index (κ1) is 18.1. The van der Waals surface area contributed by atoms with Crippen LogP contribution < -0.4 is 5.32 Å². The normalized spacial score (nSPS) is 23.5. The molecule has 2 saturated heterocycles. The van der Waals surface area contributed by atoms with E-state index in [-0.39, 0.29) is 22.1 Å². The van der Waals surface area contributed by atoms with Crippen molar-refractivity contribution in [1.29, 1.82) is 0 Å². The van der Waals surface area contributed by atoms with Gasteiger partial charge in [0.05, 0.1) is 10.4 Å². The quantitative estimate of drug-likeness (QED) is 0.832. The van der Waals surface area contributed by atoms with Crippen molar-refractivity contribution in [3.8, 4) is 0 Å². The molecule has 24 heavy (non-hydrogen) atoms. The number of hydrogen-bond donors (Lipinski definition) is 1. The van der Waals surface area contributed by atoms with Crippen molar-refractivity contribution in [1.82, 2.24) is 9.62 Å². The summed E-state index contributed by atoms with van der Waals surface area (Å²) in [6.45, 7) is 2.03. The van der Waals surface area contributed by atoms with Crippen molar-refractivity contribution in [3.05, 3.63) is 16.5 Å². The minimum Gasteiger partial charge on any atom is -0.376 e. The first-order chi connectivity index (χ1) is 11.5. The monoisotopic (exact) mass is 392 g/mol. The Morgan fingerprint density at radius 2 is 2.08 bits per heavy atom. The Morgan fingerprint density at radius 1 is 1.33 bits per heavy atom. The van der Waals surface area contributed by atoms with Crippen LogP contribution in [0, 0.1) is 5.92 Å². The lowest BCUT2D eigenvalue weighted by atomic mass is 9.97. The molecule has 3 rings (SSSR count). The average molecular weight is 393 g/mol. The van der Waals surface area contributed by atoms with E-state index in [0.29, 0.717) is 36.8 Å². The van der Waals surface area contributed by atoms with Gasteiger partial charge in [-0.2, -0.15) is 4.31 Å². The molecule has 2 aliphatic heterocycles. The highest BCUT2D eigenvalue weighted by atomic mass is 35.5. The Labute approximate surface area is 151 Å². The summed E-state index contributed by atoms with van der Waals surface area (Å²) in [7, 11) is -3.50. The lowest BCUT2D eigenvalue weighted by Gasteiger charge is -2.30. The number of ether oxygens (including phenoxy) is 1. The second-order valence-corrected chi connectivity index (χ2v) is 10.00. The van der Waals surface area contributed by atoms with Gasteiger partial charge >= 0.3 is 0 Å². The van der Waals surface area contributed by atoms with E-state index in [1.807, 2.05) is 0 Å². The van der Waals surface area contributed by atoms with Crippen LogP contribution in [0.3, 0.4) is 0 Å². The molecule has 0 radical (unpaired) electrons. The Hall–Kier alpha value is -0.670. The van der Waals surface area contributed by atoms with Crippen LogP contribution in [0.15, 0.2) is 16.3 Å². The molecule has 3 heterocycles. The molecule has 0 spiro atoms. The van der Waals surface area contributed by atoms with E-state index in [0.717, 1.165) is 30.8 Å². The molecule has 0 aromatic carbocycles. The van der Waals surface area contributed by atoms with Crippen molar-refractivity contribution in [2.24, 2.45) is 5.92 Å². The average Bonchev–Trinajstić information content (AvgIpc) is 3.24. The molecule has 2 fully saturated rings. The summed E-state index contributed by atoms with van der Waals surface area (Å²) in [4.78, 5) is 12.2. The molecular formula is C15H21ClN2O4S2. The zero-order valence-electron chi connectivity index (χ0n) is 13.2. The second-order valence-electron chi connectivity index (χ2n) is 6.12. The molecule has 0 saturated carbocycles. The molecule has 0 bridgehead atoms. The van der Waals surface area contributed by atoms with E-state index < -0.39 is 10.0 Å². The summed E-state index contributed by atoms with van der Waals surface area (Å²) in [5, 5.41) is 2.94. The van der Waals surface area contributed by atoms with Crippen LogP contribution >= 0.6 is 22.9 Å². The predicted octanol–water partition coefficient (Wildman–Crippen LogP) is 2.10. The Kier molecular flexibility index (Phi) is 5.82. The van der Waals surface area contributed by atoms with Crippen LogP contribution in [0.4, 0.5) is 0 Å². The number of carbonyl (C=O) groups is 1. The predicted molar refractivity (Wildman–Crippen MR) is 92.8 cm³/mol. The van der Waals surface area contributed by atoms with E-state index in [9.17, 15) is 13.2 Å². The van der Waals surface area contributed by atoms with Gasteiger partial charge in [0, 0.05) is 32.2 Å². The number of hydrogen-bond acceptors (Lipinski definition) is 5. The zero-order chi connectivity index (χ0) is 17.2. The SMILES string of the molecule is O=C(NCC1CCCO1)C1CCN(S(=O)(=O)c2ccc(Cl)s2)CC1. The highest BCUT2D eigenvalue weighted by Gasteiger charge is 2.33. The van der Waals surface area contributed by atoms with Crippen molar-refractivity contribution in [2.45, 2.75) is 36.0 Å². The van der Waals surface area contributed by atoms with Crippen LogP contribution in [-0.2, 0) is 19.6 Å². The van der Waals surface area contributed by atoms with Crippen molar-refractivity contribution in [2.75, 3.05) is 26.2 Å². The molecule has 1 amide bonds. The van der Waals surface area contributed by atoms with Crippen molar-refractivity contribution in [3.63, 3.8) is 0 Å². The maximum Gasteiger partial charge on any atom is 0.252 e. The topological polar surface area (TPSA) is 75.7 Å². The van der Waals surface area contributed by atoms with Gasteiger partial charge in [0.1, 0.15) is 4.21 Å². The van der Waals surface area contributed by atoms with Gasteiger partial charge in [-0.1, -0.05) is 11.6 Å². The molecule has 1 aromatic rings. The number of thiophene rings is 1. The molecule has 1 unspecified atom stereocenters. The van der Waals surface area contributed by atoms with Crippen LogP contribution in [0.25, 0.3) is 0 Å². The smallest absolute Gasteiger partial charge is 0.252 e. The van der Waals surface area contributed by atoms with Gasteiger partial charge in [-0.3, -0.25) is 4.79 Å². The van der Waals surface area contributed by atoms with Gasteiger partial charge in [-0.25, -0.2) is 8.42 Å². The van der Waals surface area contributed by atoms with E-state index in [1.54, 1.807) is 6.07 Å².